The molecule has 0 saturated heterocycles. The smallest absolute Gasteiger partial charge is 0.221 e. The van der Waals surface area contributed by atoms with Gasteiger partial charge in [-0.05, 0) is 34.1 Å². The van der Waals surface area contributed by atoms with E-state index in [2.05, 4.69) is 21.2 Å². The third kappa shape index (κ3) is 3.85. The molecule has 0 atom stereocenters. The molecule has 0 radical (unpaired) electrons. The molecule has 1 heterocycles. The second kappa shape index (κ2) is 5.09. The lowest BCUT2D eigenvalue weighted by Gasteiger charge is -2.07. The normalized spacial score (nSPS) is 11.2. The summed E-state index contributed by atoms with van der Waals surface area (Å²) < 4.78 is 0.884. The summed E-state index contributed by atoms with van der Waals surface area (Å²) >= 11 is 4.61. The number of carbonyl (C=O) groups excluding carboxylic acids is 2. The summed E-state index contributed by atoms with van der Waals surface area (Å²) in [7, 11) is 0. The van der Waals surface area contributed by atoms with Gasteiger partial charge in [0.05, 0.1) is 15.5 Å². The van der Waals surface area contributed by atoms with Crippen molar-refractivity contribution in [2.45, 2.75) is 6.92 Å². The molecule has 1 N–H and O–H groups in total. The summed E-state index contributed by atoms with van der Waals surface area (Å²) in [6.07, 6.45) is 1.35. The lowest BCUT2D eigenvalue weighted by molar-refractivity contribution is -0.299. The second-order valence-electron chi connectivity index (χ2n) is 2.67. The van der Waals surface area contributed by atoms with Gasteiger partial charge in [0.1, 0.15) is 0 Å². The van der Waals surface area contributed by atoms with Crippen molar-refractivity contribution in [3.63, 3.8) is 0 Å². The molecule has 4 nitrogen and oxygen atoms in total. The average Bonchev–Trinajstić information content (AvgIpc) is 2.49. The van der Waals surface area contributed by atoms with Crippen LogP contribution in [0.25, 0.3) is 6.08 Å². The van der Waals surface area contributed by atoms with Gasteiger partial charge in [0.25, 0.3) is 0 Å². The minimum Gasteiger partial charge on any atom is -0.543 e. The first kappa shape index (κ1) is 11.9. The lowest BCUT2D eigenvalue weighted by atomic mass is 10.3. The van der Waals surface area contributed by atoms with E-state index in [9.17, 15) is 14.7 Å². The number of carboxylic acids is 1. The molecule has 0 bridgehead atoms. The Morgan fingerprint density at radius 2 is 2.20 bits per heavy atom. The number of carbonyl (C=O) groups is 2. The summed E-state index contributed by atoms with van der Waals surface area (Å²) in [5.41, 5.74) is -0.239. The molecular weight excluding hydrogens is 282 g/mol. The molecule has 1 amide bonds. The summed E-state index contributed by atoms with van der Waals surface area (Å²) in [4.78, 5) is 22.1. The Labute approximate surface area is 98.7 Å². The minimum absolute atomic E-state index is 0.239. The number of halogens is 1. The fraction of sp³-hybridized carbons (Fsp3) is 0.111. The third-order valence-electron chi connectivity index (χ3n) is 1.41. The predicted molar refractivity (Wildman–Crippen MR) is 58.8 cm³/mol. The molecule has 80 valence electrons. The van der Waals surface area contributed by atoms with E-state index in [0.29, 0.717) is 0 Å². The Hall–Kier alpha value is -1.14. The summed E-state index contributed by atoms with van der Waals surface area (Å²) in [6, 6.07) is 3.52. The summed E-state index contributed by atoms with van der Waals surface area (Å²) in [5, 5.41) is 12.8. The van der Waals surface area contributed by atoms with Crippen LogP contribution in [-0.2, 0) is 9.59 Å². The van der Waals surface area contributed by atoms with Crippen molar-refractivity contribution in [3.05, 3.63) is 26.5 Å². The van der Waals surface area contributed by atoms with Crippen molar-refractivity contribution in [3.8, 4) is 0 Å². The standard InChI is InChI=1S/C9H8BrNO3S/c1-5(12)11-7(9(13)14)4-6-2-3-8(10)15-6/h2-4H,1H3,(H,11,12)(H,13,14)/p-1. The number of hydrogen-bond acceptors (Lipinski definition) is 4. The van der Waals surface area contributed by atoms with Crippen LogP contribution >= 0.6 is 27.3 Å². The highest BCUT2D eigenvalue weighted by Gasteiger charge is 2.02. The minimum atomic E-state index is -1.41. The zero-order valence-corrected chi connectivity index (χ0v) is 10.1. The molecule has 1 aromatic rings. The molecule has 0 aliphatic heterocycles. The monoisotopic (exact) mass is 288 g/mol. The van der Waals surface area contributed by atoms with Crippen molar-refractivity contribution >= 4 is 45.2 Å². The van der Waals surface area contributed by atoms with Crippen LogP contribution in [0.15, 0.2) is 21.6 Å². The number of rotatable bonds is 3. The Balaban J connectivity index is 2.93. The van der Waals surface area contributed by atoms with Gasteiger partial charge in [-0.25, -0.2) is 0 Å². The summed E-state index contributed by atoms with van der Waals surface area (Å²) in [5.74, 6) is -1.85. The Morgan fingerprint density at radius 1 is 1.53 bits per heavy atom. The van der Waals surface area contributed by atoms with Crippen LogP contribution < -0.4 is 10.4 Å². The van der Waals surface area contributed by atoms with E-state index in [0.717, 1.165) is 8.66 Å². The first-order chi connectivity index (χ1) is 6.99. The van der Waals surface area contributed by atoms with E-state index in [1.165, 1.54) is 24.3 Å². The first-order valence-corrected chi connectivity index (χ1v) is 5.56. The lowest BCUT2D eigenvalue weighted by Crippen LogP contribution is -2.34. The van der Waals surface area contributed by atoms with E-state index < -0.39 is 11.9 Å². The largest absolute Gasteiger partial charge is 0.543 e. The molecule has 1 aromatic heterocycles. The molecule has 0 aliphatic carbocycles. The fourth-order valence-electron chi connectivity index (χ4n) is 0.884. The van der Waals surface area contributed by atoms with Crippen LogP contribution in [0.4, 0.5) is 0 Å². The molecule has 1 rings (SSSR count). The number of nitrogens with one attached hydrogen (secondary N) is 1. The SMILES string of the molecule is CC(=O)NC(=Cc1ccc(Br)s1)C(=O)[O-]. The van der Waals surface area contributed by atoms with Crippen LogP contribution in [0.1, 0.15) is 11.8 Å². The van der Waals surface area contributed by atoms with Crippen LogP contribution in [0.3, 0.4) is 0 Å². The predicted octanol–water partition coefficient (Wildman–Crippen LogP) is 0.738. The number of amides is 1. The highest BCUT2D eigenvalue weighted by Crippen LogP contribution is 2.23. The molecule has 0 aliphatic rings. The van der Waals surface area contributed by atoms with Gasteiger partial charge in [-0.2, -0.15) is 0 Å². The zero-order valence-electron chi connectivity index (χ0n) is 7.74. The van der Waals surface area contributed by atoms with Gasteiger partial charge in [0, 0.05) is 11.8 Å². The number of thiophene rings is 1. The van der Waals surface area contributed by atoms with Gasteiger partial charge >= 0.3 is 0 Å². The van der Waals surface area contributed by atoms with Crippen molar-refractivity contribution in [2.24, 2.45) is 0 Å². The quantitative estimate of drug-likeness (QED) is 0.834. The van der Waals surface area contributed by atoms with Crippen LogP contribution in [-0.4, -0.2) is 11.9 Å². The van der Waals surface area contributed by atoms with Gasteiger partial charge in [0.2, 0.25) is 5.91 Å². The highest BCUT2D eigenvalue weighted by molar-refractivity contribution is 9.11. The van der Waals surface area contributed by atoms with E-state index >= 15 is 0 Å². The Morgan fingerprint density at radius 3 is 2.60 bits per heavy atom. The maximum Gasteiger partial charge on any atom is 0.221 e. The number of hydrogen-bond donors (Lipinski definition) is 1. The number of carboxylic acid groups (broad SMARTS) is 1. The van der Waals surface area contributed by atoms with E-state index in [1.54, 1.807) is 12.1 Å². The maximum atomic E-state index is 10.7. The summed E-state index contributed by atoms with van der Waals surface area (Å²) in [6.45, 7) is 1.24. The molecule has 0 aromatic carbocycles. The van der Waals surface area contributed by atoms with Crippen LogP contribution in [0.2, 0.25) is 0 Å². The van der Waals surface area contributed by atoms with Gasteiger partial charge in [-0.3, -0.25) is 4.79 Å². The average molecular weight is 289 g/mol. The van der Waals surface area contributed by atoms with Crippen molar-refractivity contribution in [1.29, 1.82) is 0 Å². The molecule has 0 fully saturated rings. The molecular formula is C9H7BrNO3S-. The molecule has 0 unspecified atom stereocenters. The van der Waals surface area contributed by atoms with Crippen molar-refractivity contribution in [2.75, 3.05) is 0 Å². The maximum absolute atomic E-state index is 10.7. The van der Waals surface area contributed by atoms with Crippen LogP contribution in [0.5, 0.6) is 0 Å². The van der Waals surface area contributed by atoms with E-state index in [-0.39, 0.29) is 5.70 Å². The fourth-order valence-corrected chi connectivity index (χ4v) is 2.25. The Kier molecular flexibility index (Phi) is 4.05. The topological polar surface area (TPSA) is 69.2 Å². The van der Waals surface area contributed by atoms with Crippen molar-refractivity contribution < 1.29 is 14.7 Å². The van der Waals surface area contributed by atoms with Crippen molar-refractivity contribution in [1.82, 2.24) is 5.32 Å². The molecule has 0 spiro atoms. The van der Waals surface area contributed by atoms with E-state index in [1.807, 2.05) is 0 Å². The second-order valence-corrected chi connectivity index (χ2v) is 5.16. The van der Waals surface area contributed by atoms with Gasteiger partial charge in [0.15, 0.2) is 0 Å². The molecule has 6 heteroatoms. The zero-order chi connectivity index (χ0) is 11.4. The number of aliphatic carboxylic acids is 1. The highest BCUT2D eigenvalue weighted by atomic mass is 79.9. The first-order valence-electron chi connectivity index (χ1n) is 3.95. The van der Waals surface area contributed by atoms with E-state index in [4.69, 9.17) is 0 Å². The molecule has 15 heavy (non-hydrogen) atoms. The molecule has 0 saturated carbocycles. The van der Waals surface area contributed by atoms with Gasteiger partial charge < -0.3 is 15.2 Å². The van der Waals surface area contributed by atoms with Gasteiger partial charge in [-0.1, -0.05) is 0 Å². The van der Waals surface area contributed by atoms with Crippen LogP contribution in [0, 0.1) is 0 Å². The third-order valence-corrected chi connectivity index (χ3v) is 2.98. The van der Waals surface area contributed by atoms with Gasteiger partial charge in [-0.15, -0.1) is 11.3 Å². The Bertz CT molecular complexity index is 425.